The van der Waals surface area contributed by atoms with Crippen LogP contribution in [0.15, 0.2) is 48.5 Å². The zero-order chi connectivity index (χ0) is 18.9. The van der Waals surface area contributed by atoms with Gasteiger partial charge in [0, 0.05) is 44.8 Å². The smallest absolute Gasteiger partial charge is 0.345 e. The van der Waals surface area contributed by atoms with Crippen molar-refractivity contribution in [2.24, 2.45) is 0 Å². The molecule has 2 aliphatic rings. The molecule has 4 rings (SSSR count). The molecule has 5 nitrogen and oxygen atoms in total. The Morgan fingerprint density at radius 2 is 1.70 bits per heavy atom. The zero-order valence-electron chi connectivity index (χ0n) is 15.8. The summed E-state index contributed by atoms with van der Waals surface area (Å²) in [5, 5.41) is 13.3. The maximum absolute atomic E-state index is 12.2. The number of benzene rings is 2. The number of aryl methyl sites for hydroxylation is 1. The van der Waals surface area contributed by atoms with Crippen LogP contribution in [0.25, 0.3) is 0 Å². The predicted molar refractivity (Wildman–Crippen MR) is 107 cm³/mol. The first-order valence-corrected chi connectivity index (χ1v) is 9.75. The topological polar surface area (TPSA) is 55.8 Å². The van der Waals surface area contributed by atoms with Gasteiger partial charge in [0.1, 0.15) is 0 Å². The van der Waals surface area contributed by atoms with Gasteiger partial charge in [-0.1, -0.05) is 49.4 Å². The quantitative estimate of drug-likeness (QED) is 0.853. The van der Waals surface area contributed by atoms with Crippen molar-refractivity contribution in [1.82, 2.24) is 9.80 Å². The number of anilines is 1. The van der Waals surface area contributed by atoms with Gasteiger partial charge in [-0.05, 0) is 29.2 Å². The number of hydrogen-bond acceptors (Lipinski definition) is 4. The summed E-state index contributed by atoms with van der Waals surface area (Å²) in [4.78, 5) is 16.7. The number of fused-ring (bicyclic) bond motifs is 1. The van der Waals surface area contributed by atoms with Gasteiger partial charge in [-0.15, -0.1) is 0 Å². The van der Waals surface area contributed by atoms with E-state index in [2.05, 4.69) is 46.3 Å². The molecule has 2 N–H and O–H groups in total. The molecule has 1 atom stereocenters. The molecule has 2 aliphatic heterocycles. The van der Waals surface area contributed by atoms with E-state index in [4.69, 9.17) is 0 Å². The van der Waals surface area contributed by atoms with Crippen molar-refractivity contribution in [3.8, 4) is 0 Å². The van der Waals surface area contributed by atoms with E-state index in [1.807, 2.05) is 24.3 Å². The summed E-state index contributed by atoms with van der Waals surface area (Å²) in [5.74, 6) is -0.790. The second-order valence-electron chi connectivity index (χ2n) is 7.56. The fraction of sp³-hybridized carbons (Fsp3) is 0.409. The first-order valence-electron chi connectivity index (χ1n) is 9.75. The van der Waals surface area contributed by atoms with Gasteiger partial charge in [0.2, 0.25) is 0 Å². The fourth-order valence-corrected chi connectivity index (χ4v) is 4.22. The summed E-state index contributed by atoms with van der Waals surface area (Å²) < 4.78 is 0. The third-order valence-corrected chi connectivity index (χ3v) is 5.91. The molecule has 0 aliphatic carbocycles. The number of rotatable bonds is 5. The summed E-state index contributed by atoms with van der Waals surface area (Å²) in [6.45, 7) is 6.35. The molecule has 2 aromatic rings. The Hall–Kier alpha value is -2.37. The molecule has 0 unspecified atom stereocenters. The van der Waals surface area contributed by atoms with Gasteiger partial charge >= 0.3 is 5.97 Å². The van der Waals surface area contributed by atoms with Crippen LogP contribution in [0, 0.1) is 0 Å². The van der Waals surface area contributed by atoms with E-state index >= 15 is 0 Å². The number of hydrogen-bond donors (Lipinski definition) is 2. The van der Waals surface area contributed by atoms with Crippen LogP contribution in [-0.2, 0) is 24.2 Å². The number of para-hydroxylation sites is 1. The molecular formula is C22H27N3O2. The SMILES string of the molecule is CCc1ccc(CN2CCN([C@]3(C(=O)O)Cc4ccccc4N3)CC2)cc1. The summed E-state index contributed by atoms with van der Waals surface area (Å²) in [7, 11) is 0. The second kappa shape index (κ2) is 7.33. The number of nitrogens with zero attached hydrogens (tertiary/aromatic N) is 2. The molecule has 5 heteroatoms. The van der Waals surface area contributed by atoms with Gasteiger partial charge in [-0.3, -0.25) is 9.80 Å². The number of piperazine rings is 1. The number of aliphatic carboxylic acids is 1. The molecule has 142 valence electrons. The first-order chi connectivity index (χ1) is 13.1. The average Bonchev–Trinajstić information content (AvgIpc) is 3.10. The minimum absolute atomic E-state index is 0.511. The standard InChI is InChI=1S/C22H27N3O2/c1-2-17-7-9-18(10-8-17)16-24-11-13-25(14-12-24)22(21(26)27)15-19-5-3-4-6-20(19)23-22/h3-10,23H,2,11-16H2,1H3,(H,26,27)/t22-/m0/s1. The van der Waals surface area contributed by atoms with Gasteiger partial charge in [0.15, 0.2) is 5.66 Å². The molecule has 27 heavy (non-hydrogen) atoms. The van der Waals surface area contributed by atoms with Gasteiger partial charge in [-0.2, -0.15) is 0 Å². The molecule has 2 aromatic carbocycles. The Morgan fingerprint density at radius 1 is 1.04 bits per heavy atom. The molecule has 1 fully saturated rings. The highest BCUT2D eigenvalue weighted by atomic mass is 16.4. The van der Waals surface area contributed by atoms with E-state index in [0.29, 0.717) is 6.42 Å². The Labute approximate surface area is 160 Å². The lowest BCUT2D eigenvalue weighted by molar-refractivity contribution is -0.150. The summed E-state index contributed by atoms with van der Waals surface area (Å²) >= 11 is 0. The number of carbonyl (C=O) groups is 1. The van der Waals surface area contributed by atoms with Gasteiger partial charge in [-0.25, -0.2) is 4.79 Å². The third kappa shape index (κ3) is 3.45. The van der Waals surface area contributed by atoms with Crippen LogP contribution in [0.2, 0.25) is 0 Å². The minimum Gasteiger partial charge on any atom is -0.478 e. The molecule has 0 saturated carbocycles. The maximum atomic E-state index is 12.2. The van der Waals surface area contributed by atoms with E-state index in [9.17, 15) is 9.90 Å². The van der Waals surface area contributed by atoms with E-state index in [-0.39, 0.29) is 0 Å². The molecule has 0 radical (unpaired) electrons. The molecular weight excluding hydrogens is 338 g/mol. The van der Waals surface area contributed by atoms with E-state index < -0.39 is 11.6 Å². The van der Waals surface area contributed by atoms with Crippen molar-refractivity contribution in [2.75, 3.05) is 31.5 Å². The molecule has 0 bridgehead atoms. The van der Waals surface area contributed by atoms with Crippen molar-refractivity contribution in [3.63, 3.8) is 0 Å². The molecule has 0 spiro atoms. The Morgan fingerprint density at radius 3 is 2.33 bits per heavy atom. The molecule has 2 heterocycles. The van der Waals surface area contributed by atoms with Crippen molar-refractivity contribution < 1.29 is 9.90 Å². The van der Waals surface area contributed by atoms with E-state index in [0.717, 1.165) is 50.4 Å². The minimum atomic E-state index is -1.02. The van der Waals surface area contributed by atoms with E-state index in [1.54, 1.807) is 0 Å². The Kier molecular flexibility index (Phi) is 4.89. The summed E-state index contributed by atoms with van der Waals surface area (Å²) in [6, 6.07) is 16.7. The molecule has 0 amide bonds. The van der Waals surface area contributed by atoms with Gasteiger partial charge < -0.3 is 10.4 Å². The maximum Gasteiger partial charge on any atom is 0.345 e. The van der Waals surface area contributed by atoms with E-state index in [1.165, 1.54) is 11.1 Å². The second-order valence-corrected chi connectivity index (χ2v) is 7.56. The van der Waals surface area contributed by atoms with Crippen molar-refractivity contribution >= 4 is 11.7 Å². The van der Waals surface area contributed by atoms with Crippen LogP contribution in [0.5, 0.6) is 0 Å². The third-order valence-electron chi connectivity index (χ3n) is 5.91. The van der Waals surface area contributed by atoms with Crippen LogP contribution < -0.4 is 5.32 Å². The van der Waals surface area contributed by atoms with Crippen molar-refractivity contribution in [3.05, 3.63) is 65.2 Å². The Bertz CT molecular complexity index is 786. The van der Waals surface area contributed by atoms with Crippen LogP contribution in [0.3, 0.4) is 0 Å². The number of nitrogens with one attached hydrogen (secondary N) is 1. The summed E-state index contributed by atoms with van der Waals surface area (Å²) in [6.07, 6.45) is 1.57. The molecule has 0 aromatic heterocycles. The lowest BCUT2D eigenvalue weighted by atomic mass is 10.0. The molecule has 1 saturated heterocycles. The first kappa shape index (κ1) is 18.0. The fourth-order valence-electron chi connectivity index (χ4n) is 4.22. The van der Waals surface area contributed by atoms with Crippen LogP contribution in [0.4, 0.5) is 5.69 Å². The van der Waals surface area contributed by atoms with Gasteiger partial charge in [0.05, 0.1) is 0 Å². The highest BCUT2D eigenvalue weighted by Gasteiger charge is 2.49. The lowest BCUT2D eigenvalue weighted by Crippen LogP contribution is -2.64. The normalized spacial score (nSPS) is 23.0. The number of carboxylic acid groups (broad SMARTS) is 1. The van der Waals surface area contributed by atoms with Gasteiger partial charge in [0.25, 0.3) is 0 Å². The largest absolute Gasteiger partial charge is 0.478 e. The van der Waals surface area contributed by atoms with Crippen molar-refractivity contribution in [1.29, 1.82) is 0 Å². The predicted octanol–water partition coefficient (Wildman–Crippen LogP) is 2.82. The van der Waals surface area contributed by atoms with Crippen LogP contribution in [-0.4, -0.2) is 52.7 Å². The van der Waals surface area contributed by atoms with Crippen LogP contribution in [0.1, 0.15) is 23.6 Å². The van der Waals surface area contributed by atoms with Crippen molar-refractivity contribution in [2.45, 2.75) is 32.0 Å². The highest BCUT2D eigenvalue weighted by molar-refractivity contribution is 5.86. The summed E-state index contributed by atoms with van der Waals surface area (Å²) in [5.41, 5.74) is 3.69. The highest BCUT2D eigenvalue weighted by Crippen LogP contribution is 2.35. The average molecular weight is 365 g/mol. The Balaban J connectivity index is 1.41. The number of carboxylic acids is 1. The van der Waals surface area contributed by atoms with Crippen LogP contribution >= 0.6 is 0 Å². The lowest BCUT2D eigenvalue weighted by Gasteiger charge is -2.43. The zero-order valence-corrected chi connectivity index (χ0v) is 15.8. The monoisotopic (exact) mass is 365 g/mol.